The SMILES string of the molecule is CCC(c1ccc(F)cc1F)N1CCN(C(=NC)NCCC(=O)OC)CC1. The van der Waals surface area contributed by atoms with E-state index in [1.54, 1.807) is 13.1 Å². The molecule has 0 aromatic heterocycles. The fourth-order valence-corrected chi connectivity index (χ4v) is 3.40. The zero-order valence-corrected chi connectivity index (χ0v) is 16.2. The number of ether oxygens (including phenoxy) is 1. The molecule has 1 aromatic carbocycles. The number of guanidine groups is 1. The Morgan fingerprint density at radius 2 is 2.00 bits per heavy atom. The van der Waals surface area contributed by atoms with Crippen LogP contribution >= 0.6 is 0 Å². The van der Waals surface area contributed by atoms with E-state index in [2.05, 4.69) is 24.8 Å². The van der Waals surface area contributed by atoms with Gasteiger partial charge in [0.1, 0.15) is 11.6 Å². The van der Waals surface area contributed by atoms with Crippen molar-refractivity contribution in [3.8, 4) is 0 Å². The standard InChI is InChI=1S/C19H28F2N4O2/c1-4-17(15-6-5-14(20)13-16(15)21)24-9-11-25(12-10-24)19(22-2)23-8-7-18(26)27-3/h5-6,13,17H,4,7-12H2,1-3H3,(H,22,23). The van der Waals surface area contributed by atoms with E-state index < -0.39 is 11.6 Å². The van der Waals surface area contributed by atoms with Gasteiger partial charge in [-0.1, -0.05) is 13.0 Å². The van der Waals surface area contributed by atoms with Gasteiger partial charge in [0.2, 0.25) is 0 Å². The first kappa shape index (κ1) is 21.1. The number of rotatable bonds is 6. The van der Waals surface area contributed by atoms with Crippen molar-refractivity contribution in [3.63, 3.8) is 0 Å². The Bertz CT molecular complexity index is 661. The fourth-order valence-electron chi connectivity index (χ4n) is 3.40. The van der Waals surface area contributed by atoms with E-state index in [1.807, 2.05) is 6.92 Å². The van der Waals surface area contributed by atoms with Crippen LogP contribution in [-0.4, -0.2) is 68.6 Å². The van der Waals surface area contributed by atoms with Gasteiger partial charge in [0.25, 0.3) is 0 Å². The summed E-state index contributed by atoms with van der Waals surface area (Å²) < 4.78 is 32.0. The van der Waals surface area contributed by atoms with Crippen LogP contribution in [0.2, 0.25) is 0 Å². The number of carbonyl (C=O) groups is 1. The van der Waals surface area contributed by atoms with Gasteiger partial charge in [-0.2, -0.15) is 0 Å². The second kappa shape index (κ2) is 10.2. The van der Waals surface area contributed by atoms with Crippen molar-refractivity contribution in [2.75, 3.05) is 46.9 Å². The molecule has 1 atom stereocenters. The molecule has 1 heterocycles. The van der Waals surface area contributed by atoms with Crippen LogP contribution in [0.1, 0.15) is 31.4 Å². The molecular weight excluding hydrogens is 354 g/mol. The highest BCUT2D eigenvalue weighted by atomic mass is 19.1. The summed E-state index contributed by atoms with van der Waals surface area (Å²) in [4.78, 5) is 19.8. The summed E-state index contributed by atoms with van der Waals surface area (Å²) in [5, 5.41) is 3.16. The van der Waals surface area contributed by atoms with Crippen LogP contribution in [0.25, 0.3) is 0 Å². The van der Waals surface area contributed by atoms with Gasteiger partial charge in [0, 0.05) is 57.4 Å². The molecule has 1 N–H and O–H groups in total. The van der Waals surface area contributed by atoms with Gasteiger partial charge in [-0.15, -0.1) is 0 Å². The second-order valence-electron chi connectivity index (χ2n) is 6.41. The van der Waals surface area contributed by atoms with Crippen LogP contribution < -0.4 is 5.32 Å². The third kappa shape index (κ3) is 5.63. The lowest BCUT2D eigenvalue weighted by molar-refractivity contribution is -0.140. The highest BCUT2D eigenvalue weighted by Crippen LogP contribution is 2.28. The number of nitrogens with one attached hydrogen (secondary N) is 1. The summed E-state index contributed by atoms with van der Waals surface area (Å²) in [7, 11) is 3.07. The Morgan fingerprint density at radius 3 is 2.56 bits per heavy atom. The van der Waals surface area contributed by atoms with E-state index in [4.69, 9.17) is 0 Å². The summed E-state index contributed by atoms with van der Waals surface area (Å²) in [6, 6.07) is 3.71. The molecule has 150 valence electrons. The number of hydrogen-bond donors (Lipinski definition) is 1. The molecule has 0 radical (unpaired) electrons. The largest absolute Gasteiger partial charge is 0.469 e. The maximum Gasteiger partial charge on any atom is 0.307 e. The molecule has 0 aliphatic carbocycles. The molecule has 1 unspecified atom stereocenters. The number of methoxy groups -OCH3 is 1. The molecule has 0 amide bonds. The van der Waals surface area contributed by atoms with Gasteiger partial charge in [-0.25, -0.2) is 8.78 Å². The monoisotopic (exact) mass is 382 g/mol. The van der Waals surface area contributed by atoms with Gasteiger partial charge in [0.15, 0.2) is 5.96 Å². The Balaban J connectivity index is 1.93. The highest BCUT2D eigenvalue weighted by Gasteiger charge is 2.27. The van der Waals surface area contributed by atoms with E-state index in [0.29, 0.717) is 12.1 Å². The first-order chi connectivity index (χ1) is 13.0. The highest BCUT2D eigenvalue weighted by molar-refractivity contribution is 5.80. The maximum absolute atomic E-state index is 14.2. The van der Waals surface area contributed by atoms with Crippen molar-refractivity contribution in [3.05, 3.63) is 35.4 Å². The third-order valence-corrected chi connectivity index (χ3v) is 4.81. The molecule has 1 fully saturated rings. The van der Waals surface area contributed by atoms with Crippen molar-refractivity contribution in [2.45, 2.75) is 25.8 Å². The molecule has 6 nitrogen and oxygen atoms in total. The third-order valence-electron chi connectivity index (χ3n) is 4.81. The Morgan fingerprint density at radius 1 is 1.30 bits per heavy atom. The minimum atomic E-state index is -0.558. The number of aliphatic imine (C=N–C) groups is 1. The summed E-state index contributed by atoms with van der Waals surface area (Å²) in [6.07, 6.45) is 1.02. The molecule has 0 saturated carbocycles. The van der Waals surface area contributed by atoms with Crippen LogP contribution in [0.5, 0.6) is 0 Å². The van der Waals surface area contributed by atoms with Crippen molar-refractivity contribution in [1.82, 2.24) is 15.1 Å². The average Bonchev–Trinajstić information content (AvgIpc) is 2.68. The first-order valence-electron chi connectivity index (χ1n) is 9.21. The Kier molecular flexibility index (Phi) is 7.97. The fraction of sp³-hybridized carbons (Fsp3) is 0.579. The number of esters is 1. The van der Waals surface area contributed by atoms with E-state index in [1.165, 1.54) is 13.2 Å². The van der Waals surface area contributed by atoms with Crippen LogP contribution in [0, 0.1) is 11.6 Å². The minimum absolute atomic E-state index is 0.0814. The maximum atomic E-state index is 14.2. The zero-order valence-electron chi connectivity index (χ0n) is 16.2. The molecule has 1 aliphatic heterocycles. The lowest BCUT2D eigenvalue weighted by Gasteiger charge is -2.40. The summed E-state index contributed by atoms with van der Waals surface area (Å²) in [6.45, 7) is 5.42. The van der Waals surface area contributed by atoms with Crippen molar-refractivity contribution >= 4 is 11.9 Å². The number of piperazine rings is 1. The van der Waals surface area contributed by atoms with Crippen LogP contribution in [-0.2, 0) is 9.53 Å². The molecule has 27 heavy (non-hydrogen) atoms. The summed E-state index contributed by atoms with van der Waals surface area (Å²) in [5.41, 5.74) is 0.535. The molecule has 0 spiro atoms. The molecular formula is C19H28F2N4O2. The number of halogens is 2. The lowest BCUT2D eigenvalue weighted by Crippen LogP contribution is -2.53. The molecule has 0 bridgehead atoms. The van der Waals surface area contributed by atoms with Gasteiger partial charge >= 0.3 is 5.97 Å². The van der Waals surface area contributed by atoms with Crippen molar-refractivity contribution in [2.24, 2.45) is 4.99 Å². The van der Waals surface area contributed by atoms with Gasteiger partial charge in [-0.05, 0) is 12.5 Å². The normalized spacial score (nSPS) is 16.9. The molecule has 2 rings (SSSR count). The van der Waals surface area contributed by atoms with Crippen molar-refractivity contribution < 1.29 is 18.3 Å². The van der Waals surface area contributed by atoms with E-state index in [-0.39, 0.29) is 18.4 Å². The minimum Gasteiger partial charge on any atom is -0.469 e. The number of carbonyl (C=O) groups excluding carboxylic acids is 1. The molecule has 1 saturated heterocycles. The Labute approximate surface area is 159 Å². The van der Waals surface area contributed by atoms with Crippen LogP contribution in [0.15, 0.2) is 23.2 Å². The molecule has 8 heteroatoms. The smallest absolute Gasteiger partial charge is 0.307 e. The Hall–Kier alpha value is -2.22. The van der Waals surface area contributed by atoms with E-state index in [0.717, 1.165) is 44.6 Å². The van der Waals surface area contributed by atoms with Crippen LogP contribution in [0.3, 0.4) is 0 Å². The average molecular weight is 382 g/mol. The zero-order chi connectivity index (χ0) is 19.8. The van der Waals surface area contributed by atoms with Gasteiger partial charge in [0.05, 0.1) is 13.5 Å². The number of hydrogen-bond acceptors (Lipinski definition) is 4. The molecule has 1 aromatic rings. The first-order valence-corrected chi connectivity index (χ1v) is 9.21. The number of benzene rings is 1. The van der Waals surface area contributed by atoms with E-state index in [9.17, 15) is 13.6 Å². The van der Waals surface area contributed by atoms with E-state index >= 15 is 0 Å². The van der Waals surface area contributed by atoms with Crippen LogP contribution in [0.4, 0.5) is 8.78 Å². The van der Waals surface area contributed by atoms with Gasteiger partial charge < -0.3 is 15.0 Å². The summed E-state index contributed by atoms with van der Waals surface area (Å²) in [5.74, 6) is -0.586. The summed E-state index contributed by atoms with van der Waals surface area (Å²) >= 11 is 0. The lowest BCUT2D eigenvalue weighted by atomic mass is 10.0. The van der Waals surface area contributed by atoms with Gasteiger partial charge in [-0.3, -0.25) is 14.7 Å². The predicted octanol–water partition coefficient (Wildman–Crippen LogP) is 2.17. The second-order valence-corrected chi connectivity index (χ2v) is 6.41. The number of nitrogens with zero attached hydrogens (tertiary/aromatic N) is 3. The quantitative estimate of drug-likeness (QED) is 0.464. The predicted molar refractivity (Wildman–Crippen MR) is 101 cm³/mol. The molecule has 1 aliphatic rings. The van der Waals surface area contributed by atoms with Crippen molar-refractivity contribution in [1.29, 1.82) is 0 Å². The topological polar surface area (TPSA) is 57.2 Å².